The lowest BCUT2D eigenvalue weighted by Crippen LogP contribution is -1.90. The predicted octanol–water partition coefficient (Wildman–Crippen LogP) is 4.61. The normalized spacial score (nSPS) is 10.8. The lowest BCUT2D eigenvalue weighted by atomic mass is 10.0. The summed E-state index contributed by atoms with van der Waals surface area (Å²) in [6.07, 6.45) is 0. The van der Waals surface area contributed by atoms with E-state index < -0.39 is 0 Å². The molecule has 0 saturated heterocycles. The van der Waals surface area contributed by atoms with Crippen molar-refractivity contribution in [3.05, 3.63) is 59.9 Å². The summed E-state index contributed by atoms with van der Waals surface area (Å²) in [7, 11) is 0. The van der Waals surface area contributed by atoms with E-state index in [0.717, 1.165) is 27.9 Å². The molecule has 2 nitrogen and oxygen atoms in total. The number of hydrogen-bond donors (Lipinski definition) is 0. The zero-order valence-corrected chi connectivity index (χ0v) is 10.9. The molecule has 2 aromatic carbocycles. The Morgan fingerprint density at radius 1 is 1.05 bits per heavy atom. The molecule has 0 unspecified atom stereocenters. The smallest absolute Gasteiger partial charge is 0.159 e. The summed E-state index contributed by atoms with van der Waals surface area (Å²) in [4.78, 5) is 11.4. The second-order valence-corrected chi connectivity index (χ2v) is 4.67. The van der Waals surface area contributed by atoms with Crippen LogP contribution in [0.4, 0.5) is 0 Å². The van der Waals surface area contributed by atoms with Crippen LogP contribution in [-0.2, 0) is 0 Å². The molecule has 1 heterocycles. The van der Waals surface area contributed by atoms with Crippen molar-refractivity contribution in [2.45, 2.75) is 13.8 Å². The summed E-state index contributed by atoms with van der Waals surface area (Å²) in [6, 6.07) is 15.8. The van der Waals surface area contributed by atoms with E-state index in [-0.39, 0.29) is 5.78 Å². The first-order valence-corrected chi connectivity index (χ1v) is 6.26. The minimum absolute atomic E-state index is 0.0530. The molecule has 0 aliphatic heterocycles. The van der Waals surface area contributed by atoms with Crippen LogP contribution in [0.3, 0.4) is 0 Å². The molecule has 0 aliphatic carbocycles. The number of carbonyl (C=O) groups is 1. The van der Waals surface area contributed by atoms with E-state index in [1.54, 1.807) is 6.92 Å². The maximum absolute atomic E-state index is 11.4. The van der Waals surface area contributed by atoms with Crippen molar-refractivity contribution >= 4 is 16.8 Å². The van der Waals surface area contributed by atoms with Crippen molar-refractivity contribution in [2.75, 3.05) is 0 Å². The maximum atomic E-state index is 11.4. The molecule has 0 bridgehead atoms. The van der Waals surface area contributed by atoms with Gasteiger partial charge < -0.3 is 4.42 Å². The Morgan fingerprint density at radius 2 is 1.79 bits per heavy atom. The van der Waals surface area contributed by atoms with Gasteiger partial charge in [-0.15, -0.1) is 0 Å². The first kappa shape index (κ1) is 11.7. The summed E-state index contributed by atoms with van der Waals surface area (Å²) >= 11 is 0. The van der Waals surface area contributed by atoms with Crippen molar-refractivity contribution < 1.29 is 9.21 Å². The predicted molar refractivity (Wildman–Crippen MR) is 76.4 cm³/mol. The maximum Gasteiger partial charge on any atom is 0.159 e. The van der Waals surface area contributed by atoms with Gasteiger partial charge in [0.25, 0.3) is 0 Å². The molecule has 19 heavy (non-hydrogen) atoms. The van der Waals surface area contributed by atoms with Gasteiger partial charge in [0.1, 0.15) is 11.3 Å². The highest BCUT2D eigenvalue weighted by atomic mass is 16.3. The van der Waals surface area contributed by atoms with E-state index in [2.05, 4.69) is 12.1 Å². The zero-order valence-electron chi connectivity index (χ0n) is 10.9. The van der Waals surface area contributed by atoms with Gasteiger partial charge in [0.2, 0.25) is 0 Å². The molecule has 0 spiro atoms. The molecule has 3 aromatic rings. The quantitative estimate of drug-likeness (QED) is 0.622. The minimum atomic E-state index is 0.0530. The van der Waals surface area contributed by atoms with Crippen molar-refractivity contribution in [3.63, 3.8) is 0 Å². The second-order valence-electron chi connectivity index (χ2n) is 4.67. The third kappa shape index (κ3) is 1.95. The van der Waals surface area contributed by atoms with Gasteiger partial charge in [-0.2, -0.15) is 0 Å². The van der Waals surface area contributed by atoms with E-state index in [1.807, 2.05) is 43.3 Å². The van der Waals surface area contributed by atoms with Gasteiger partial charge >= 0.3 is 0 Å². The summed E-state index contributed by atoms with van der Waals surface area (Å²) in [5.74, 6) is 0.930. The van der Waals surface area contributed by atoms with E-state index in [0.29, 0.717) is 5.56 Å². The third-order valence-electron chi connectivity index (χ3n) is 3.34. The van der Waals surface area contributed by atoms with Gasteiger partial charge in [-0.3, -0.25) is 4.79 Å². The number of Topliss-reactive ketones (excluding diaryl/α,β-unsaturated/α-hetero) is 1. The Hall–Kier alpha value is -2.35. The first-order chi connectivity index (χ1) is 9.16. The van der Waals surface area contributed by atoms with Gasteiger partial charge in [-0.25, -0.2) is 0 Å². The lowest BCUT2D eigenvalue weighted by Gasteiger charge is -2.00. The Balaban J connectivity index is 2.27. The number of aryl methyl sites for hydroxylation is 1. The topological polar surface area (TPSA) is 30.2 Å². The molecule has 0 N–H and O–H groups in total. The molecule has 0 amide bonds. The number of rotatable bonds is 2. The molecule has 1 aromatic heterocycles. The minimum Gasteiger partial charge on any atom is -0.461 e. The van der Waals surface area contributed by atoms with Crippen LogP contribution in [0.15, 0.2) is 52.9 Å². The van der Waals surface area contributed by atoms with Crippen LogP contribution in [0.25, 0.3) is 22.1 Å². The molecule has 94 valence electrons. The van der Waals surface area contributed by atoms with Gasteiger partial charge in [0.15, 0.2) is 5.78 Å². The van der Waals surface area contributed by atoms with E-state index >= 15 is 0 Å². The number of fused-ring (bicyclic) bond motifs is 1. The lowest BCUT2D eigenvalue weighted by molar-refractivity contribution is 0.101. The molecular weight excluding hydrogens is 236 g/mol. The van der Waals surface area contributed by atoms with Crippen molar-refractivity contribution in [2.24, 2.45) is 0 Å². The van der Waals surface area contributed by atoms with Gasteiger partial charge in [0, 0.05) is 16.5 Å². The summed E-state index contributed by atoms with van der Waals surface area (Å²) in [5.41, 5.74) is 3.69. The van der Waals surface area contributed by atoms with E-state index in [4.69, 9.17) is 4.42 Å². The summed E-state index contributed by atoms with van der Waals surface area (Å²) in [5, 5.41) is 1.05. The molecular formula is C17H14O2. The molecule has 3 rings (SSSR count). The average Bonchev–Trinajstić information content (AvgIpc) is 2.74. The molecule has 2 heteroatoms. The number of furan rings is 1. The van der Waals surface area contributed by atoms with Crippen LogP contribution in [0.2, 0.25) is 0 Å². The molecule has 0 aliphatic rings. The van der Waals surface area contributed by atoms with Crippen LogP contribution in [0, 0.1) is 6.92 Å². The SMILES string of the molecule is CC(=O)c1ccc2c(-c3ccccc3)c(C)oc2c1. The highest BCUT2D eigenvalue weighted by Gasteiger charge is 2.13. The fourth-order valence-corrected chi connectivity index (χ4v) is 2.40. The van der Waals surface area contributed by atoms with Crippen molar-refractivity contribution in [1.82, 2.24) is 0 Å². The van der Waals surface area contributed by atoms with Crippen LogP contribution in [0.1, 0.15) is 23.0 Å². The Morgan fingerprint density at radius 3 is 2.47 bits per heavy atom. The van der Waals surface area contributed by atoms with Crippen LogP contribution < -0.4 is 0 Å². The standard InChI is InChI=1S/C17H14O2/c1-11(18)14-8-9-15-16(10-14)19-12(2)17(15)13-6-4-3-5-7-13/h3-10H,1-2H3. The Labute approximate surface area is 111 Å². The number of hydrogen-bond acceptors (Lipinski definition) is 2. The fourth-order valence-electron chi connectivity index (χ4n) is 2.40. The van der Waals surface area contributed by atoms with Gasteiger partial charge in [-0.1, -0.05) is 36.4 Å². The molecule has 0 radical (unpaired) electrons. The van der Waals surface area contributed by atoms with Crippen LogP contribution >= 0.6 is 0 Å². The van der Waals surface area contributed by atoms with Gasteiger partial charge in [0.05, 0.1) is 0 Å². The number of benzene rings is 2. The summed E-state index contributed by atoms with van der Waals surface area (Å²) < 4.78 is 5.79. The van der Waals surface area contributed by atoms with E-state index in [1.165, 1.54) is 0 Å². The molecule has 0 atom stereocenters. The van der Waals surface area contributed by atoms with Crippen molar-refractivity contribution in [3.8, 4) is 11.1 Å². The monoisotopic (exact) mass is 250 g/mol. The number of carbonyl (C=O) groups excluding carboxylic acids is 1. The molecule has 0 saturated carbocycles. The highest BCUT2D eigenvalue weighted by molar-refractivity contribution is 6.01. The third-order valence-corrected chi connectivity index (χ3v) is 3.34. The Kier molecular flexibility index (Phi) is 2.71. The highest BCUT2D eigenvalue weighted by Crippen LogP contribution is 2.34. The van der Waals surface area contributed by atoms with Crippen molar-refractivity contribution in [1.29, 1.82) is 0 Å². The Bertz CT molecular complexity index is 752. The molecule has 0 fully saturated rings. The average molecular weight is 250 g/mol. The summed E-state index contributed by atoms with van der Waals surface area (Å²) in [6.45, 7) is 3.52. The van der Waals surface area contributed by atoms with Gasteiger partial charge in [-0.05, 0) is 31.5 Å². The first-order valence-electron chi connectivity index (χ1n) is 6.26. The van der Waals surface area contributed by atoms with E-state index in [9.17, 15) is 4.79 Å². The van der Waals surface area contributed by atoms with Crippen LogP contribution in [0.5, 0.6) is 0 Å². The second kappa shape index (κ2) is 4.39. The fraction of sp³-hybridized carbons (Fsp3) is 0.118. The zero-order chi connectivity index (χ0) is 13.4. The largest absolute Gasteiger partial charge is 0.461 e. The van der Waals surface area contributed by atoms with Crippen LogP contribution in [-0.4, -0.2) is 5.78 Å². The number of ketones is 1.